The molecule has 1 aromatic carbocycles. The van der Waals surface area contributed by atoms with E-state index in [2.05, 4.69) is 13.8 Å². The lowest BCUT2D eigenvalue weighted by Gasteiger charge is -2.35. The van der Waals surface area contributed by atoms with Crippen molar-refractivity contribution in [2.75, 3.05) is 19.7 Å². The summed E-state index contributed by atoms with van der Waals surface area (Å²) in [5.41, 5.74) is 0.614. The van der Waals surface area contributed by atoms with Crippen molar-refractivity contribution in [3.8, 4) is 5.75 Å². The Kier molecular flexibility index (Phi) is 3.87. The summed E-state index contributed by atoms with van der Waals surface area (Å²) in [5, 5.41) is 9.20. The second kappa shape index (κ2) is 5.40. The van der Waals surface area contributed by atoms with Crippen molar-refractivity contribution in [1.29, 1.82) is 0 Å². The Balaban J connectivity index is 2.00. The van der Waals surface area contributed by atoms with Gasteiger partial charge in [-0.2, -0.15) is 0 Å². The van der Waals surface area contributed by atoms with E-state index in [1.54, 1.807) is 17.0 Å². The number of hydrogen-bond donors (Lipinski definition) is 1. The Morgan fingerprint density at radius 2 is 2.22 bits per heavy atom. The smallest absolute Gasteiger partial charge is 0.254 e. The van der Waals surface area contributed by atoms with Gasteiger partial charge < -0.3 is 14.7 Å². The number of ether oxygens (including phenoxy) is 1. The predicted molar refractivity (Wildman–Crippen MR) is 68.7 cm³/mol. The molecule has 0 atom stereocenters. The molecular weight excluding hydrogens is 230 g/mol. The molecule has 1 N–H and O–H groups in total. The number of nitrogens with zero attached hydrogens (tertiary/aromatic N) is 1. The maximum Gasteiger partial charge on any atom is 0.254 e. The third kappa shape index (κ3) is 3.01. The first kappa shape index (κ1) is 12.9. The van der Waals surface area contributed by atoms with Gasteiger partial charge in [0.2, 0.25) is 0 Å². The monoisotopic (exact) mass is 249 g/mol. The molecule has 0 unspecified atom stereocenters. The lowest BCUT2D eigenvalue weighted by molar-refractivity contribution is 0.00587. The molecule has 4 nitrogen and oxygen atoms in total. The van der Waals surface area contributed by atoms with E-state index in [0.29, 0.717) is 31.2 Å². The van der Waals surface area contributed by atoms with Crippen LogP contribution in [0.3, 0.4) is 0 Å². The molecule has 98 valence electrons. The van der Waals surface area contributed by atoms with Crippen molar-refractivity contribution in [2.45, 2.75) is 20.0 Å². The molecule has 1 aromatic rings. The van der Waals surface area contributed by atoms with Gasteiger partial charge in [-0.3, -0.25) is 4.79 Å². The Labute approximate surface area is 107 Å². The molecule has 18 heavy (non-hydrogen) atoms. The molecule has 1 saturated heterocycles. The molecule has 0 bridgehead atoms. The van der Waals surface area contributed by atoms with E-state index in [-0.39, 0.29) is 12.0 Å². The number of rotatable bonds is 4. The van der Waals surface area contributed by atoms with Gasteiger partial charge in [-0.25, -0.2) is 0 Å². The van der Waals surface area contributed by atoms with Crippen molar-refractivity contribution in [3.05, 3.63) is 29.8 Å². The van der Waals surface area contributed by atoms with Crippen molar-refractivity contribution >= 4 is 5.91 Å². The number of likely N-dealkylation sites (tertiary alicyclic amines) is 1. The predicted octanol–water partition coefficient (Wildman–Crippen LogP) is 1.54. The minimum absolute atomic E-state index is 0.0460. The van der Waals surface area contributed by atoms with Crippen LogP contribution >= 0.6 is 0 Å². The highest BCUT2D eigenvalue weighted by Crippen LogP contribution is 2.18. The molecule has 1 amide bonds. The normalized spacial score (nSPS) is 15.7. The summed E-state index contributed by atoms with van der Waals surface area (Å²) < 4.78 is 5.59. The van der Waals surface area contributed by atoms with E-state index in [1.165, 1.54) is 0 Å². The second-order valence-corrected chi connectivity index (χ2v) is 5.10. The van der Waals surface area contributed by atoms with E-state index >= 15 is 0 Å². The summed E-state index contributed by atoms with van der Waals surface area (Å²) in [7, 11) is 0. The highest BCUT2D eigenvalue weighted by atomic mass is 16.5. The molecule has 1 fully saturated rings. The van der Waals surface area contributed by atoms with E-state index in [9.17, 15) is 9.90 Å². The summed E-state index contributed by atoms with van der Waals surface area (Å²) in [6, 6.07) is 7.20. The van der Waals surface area contributed by atoms with Crippen molar-refractivity contribution in [2.24, 2.45) is 5.92 Å². The molecule has 0 saturated carbocycles. The topological polar surface area (TPSA) is 49.8 Å². The van der Waals surface area contributed by atoms with Crippen LogP contribution in [0.25, 0.3) is 0 Å². The van der Waals surface area contributed by atoms with Gasteiger partial charge in [-0.05, 0) is 24.1 Å². The van der Waals surface area contributed by atoms with Crippen LogP contribution in [-0.2, 0) is 0 Å². The molecule has 2 rings (SSSR count). The fraction of sp³-hybridized carbons (Fsp3) is 0.500. The zero-order valence-corrected chi connectivity index (χ0v) is 10.8. The first-order valence-electron chi connectivity index (χ1n) is 6.26. The van der Waals surface area contributed by atoms with Gasteiger partial charge in [0, 0.05) is 18.7 Å². The van der Waals surface area contributed by atoms with Gasteiger partial charge in [0.15, 0.2) is 0 Å². The fourth-order valence-electron chi connectivity index (χ4n) is 1.79. The third-order valence-corrected chi connectivity index (χ3v) is 2.81. The number of aliphatic hydroxyl groups excluding tert-OH is 1. The number of carbonyl (C=O) groups is 1. The largest absolute Gasteiger partial charge is 0.493 e. The molecular formula is C14H19NO3. The molecule has 1 aliphatic heterocycles. The highest BCUT2D eigenvalue weighted by Gasteiger charge is 2.29. The molecule has 0 spiro atoms. The third-order valence-electron chi connectivity index (χ3n) is 2.81. The first-order chi connectivity index (χ1) is 8.56. The summed E-state index contributed by atoms with van der Waals surface area (Å²) in [5.74, 6) is 1.13. The Hall–Kier alpha value is -1.55. The Morgan fingerprint density at radius 3 is 2.83 bits per heavy atom. The maximum atomic E-state index is 12.0. The molecule has 0 aliphatic carbocycles. The number of amides is 1. The standard InChI is InChI=1S/C14H19NO3/c1-10(2)9-18-13-5-3-4-11(6-13)14(17)15-7-12(16)8-15/h3-6,10,12,16H,7-9H2,1-2H3. The van der Waals surface area contributed by atoms with Crippen molar-refractivity contribution < 1.29 is 14.6 Å². The van der Waals surface area contributed by atoms with E-state index in [1.807, 2.05) is 12.1 Å². The highest BCUT2D eigenvalue weighted by molar-refractivity contribution is 5.95. The molecule has 0 radical (unpaired) electrons. The minimum atomic E-state index is -0.366. The van der Waals surface area contributed by atoms with E-state index < -0.39 is 0 Å². The van der Waals surface area contributed by atoms with E-state index in [4.69, 9.17) is 4.74 Å². The van der Waals surface area contributed by atoms with Crippen LogP contribution in [0, 0.1) is 5.92 Å². The van der Waals surface area contributed by atoms with Crippen LogP contribution in [0.1, 0.15) is 24.2 Å². The van der Waals surface area contributed by atoms with Gasteiger partial charge in [0.1, 0.15) is 5.75 Å². The first-order valence-corrected chi connectivity index (χ1v) is 6.26. The summed E-state index contributed by atoms with van der Waals surface area (Å²) in [4.78, 5) is 13.7. The zero-order valence-electron chi connectivity index (χ0n) is 10.8. The van der Waals surface area contributed by atoms with Gasteiger partial charge in [0.25, 0.3) is 5.91 Å². The SMILES string of the molecule is CC(C)COc1cccc(C(=O)N2CC(O)C2)c1. The van der Waals surface area contributed by atoms with Gasteiger partial charge in [0.05, 0.1) is 12.7 Å². The van der Waals surface area contributed by atoms with Crippen LogP contribution < -0.4 is 4.74 Å². The summed E-state index contributed by atoms with van der Waals surface area (Å²) in [6.45, 7) is 5.65. The van der Waals surface area contributed by atoms with Gasteiger partial charge in [-0.15, -0.1) is 0 Å². The van der Waals surface area contributed by atoms with E-state index in [0.717, 1.165) is 5.75 Å². The lowest BCUT2D eigenvalue weighted by Crippen LogP contribution is -2.53. The second-order valence-electron chi connectivity index (χ2n) is 5.10. The molecule has 1 aliphatic rings. The number of benzene rings is 1. The summed E-state index contributed by atoms with van der Waals surface area (Å²) >= 11 is 0. The summed E-state index contributed by atoms with van der Waals surface area (Å²) in [6.07, 6.45) is -0.366. The Morgan fingerprint density at radius 1 is 1.50 bits per heavy atom. The number of carbonyl (C=O) groups excluding carboxylic acids is 1. The van der Waals surface area contributed by atoms with Crippen LogP contribution in [0.5, 0.6) is 5.75 Å². The number of β-amino-alcohol motifs (C(OH)–C–C–N with tert-alkyl or cyclic N) is 1. The number of aliphatic hydroxyl groups is 1. The van der Waals surface area contributed by atoms with Crippen molar-refractivity contribution in [1.82, 2.24) is 4.90 Å². The average molecular weight is 249 g/mol. The minimum Gasteiger partial charge on any atom is -0.493 e. The molecule has 4 heteroatoms. The number of hydrogen-bond acceptors (Lipinski definition) is 3. The van der Waals surface area contributed by atoms with Crippen LogP contribution in [0.15, 0.2) is 24.3 Å². The molecule has 0 aromatic heterocycles. The van der Waals surface area contributed by atoms with Gasteiger partial charge in [-0.1, -0.05) is 19.9 Å². The van der Waals surface area contributed by atoms with Gasteiger partial charge >= 0.3 is 0 Å². The zero-order chi connectivity index (χ0) is 13.1. The quantitative estimate of drug-likeness (QED) is 0.880. The molecule has 1 heterocycles. The van der Waals surface area contributed by atoms with Crippen molar-refractivity contribution in [3.63, 3.8) is 0 Å². The maximum absolute atomic E-state index is 12.0. The Bertz CT molecular complexity index is 425. The van der Waals surface area contributed by atoms with Crippen LogP contribution in [0.2, 0.25) is 0 Å². The fourth-order valence-corrected chi connectivity index (χ4v) is 1.79. The average Bonchev–Trinajstić information content (AvgIpc) is 2.32. The lowest BCUT2D eigenvalue weighted by atomic mass is 10.1. The van der Waals surface area contributed by atoms with Crippen LogP contribution in [-0.4, -0.2) is 41.7 Å². The van der Waals surface area contributed by atoms with Crippen LogP contribution in [0.4, 0.5) is 0 Å².